The fraction of sp³-hybridized carbons (Fsp3) is 0.391. The molecule has 0 aliphatic carbocycles. The van der Waals surface area contributed by atoms with Gasteiger partial charge < -0.3 is 10.2 Å². The highest BCUT2D eigenvalue weighted by Gasteiger charge is 2.28. The van der Waals surface area contributed by atoms with Crippen molar-refractivity contribution < 1.29 is 9.59 Å². The number of carbonyl (C=O) groups is 2. The molecule has 2 amide bonds. The van der Waals surface area contributed by atoms with E-state index in [2.05, 4.69) is 5.32 Å². The average Bonchev–Trinajstić information content (AvgIpc) is 2.72. The highest BCUT2D eigenvalue weighted by atomic mass is 35.5. The van der Waals surface area contributed by atoms with Crippen LogP contribution in [0.1, 0.15) is 44.7 Å². The number of hydrogen-bond donors (Lipinski definition) is 1. The van der Waals surface area contributed by atoms with Crippen LogP contribution in [0.25, 0.3) is 0 Å². The van der Waals surface area contributed by atoms with Crippen LogP contribution in [0.3, 0.4) is 0 Å². The Morgan fingerprint density at radius 2 is 1.57 bits per heavy atom. The fourth-order valence-electron chi connectivity index (χ4n) is 2.99. The van der Waals surface area contributed by atoms with Crippen molar-refractivity contribution in [1.29, 1.82) is 0 Å². The van der Waals surface area contributed by atoms with Crippen LogP contribution in [0.4, 0.5) is 0 Å². The molecule has 0 bridgehead atoms. The van der Waals surface area contributed by atoms with Crippen molar-refractivity contribution in [3.8, 4) is 0 Å². The van der Waals surface area contributed by atoms with E-state index in [-0.39, 0.29) is 30.8 Å². The zero-order chi connectivity index (χ0) is 22.3. The normalized spacial score (nSPS) is 12.9. The number of nitrogens with zero attached hydrogens (tertiary/aromatic N) is 1. The van der Waals surface area contributed by atoms with Crippen LogP contribution in [-0.2, 0) is 22.6 Å². The van der Waals surface area contributed by atoms with Gasteiger partial charge in [0.25, 0.3) is 0 Å². The molecule has 4 nitrogen and oxygen atoms in total. The average molecular weight is 470 g/mol. The van der Waals surface area contributed by atoms with Gasteiger partial charge in [-0.25, -0.2) is 0 Å². The second kappa shape index (κ2) is 11.6. The maximum atomic E-state index is 13.2. The van der Waals surface area contributed by atoms with Crippen molar-refractivity contribution in [2.75, 3.05) is 0 Å². The van der Waals surface area contributed by atoms with E-state index in [1.165, 1.54) is 4.90 Å². The smallest absolute Gasteiger partial charge is 0.242 e. The number of hydrogen-bond acceptors (Lipinski definition) is 2. The summed E-state index contributed by atoms with van der Waals surface area (Å²) in [5, 5.41) is 4.48. The molecule has 2 aromatic carbocycles. The molecule has 2 atom stereocenters. The van der Waals surface area contributed by atoms with Gasteiger partial charge in [0.2, 0.25) is 11.8 Å². The van der Waals surface area contributed by atoms with E-state index in [9.17, 15) is 9.59 Å². The molecule has 0 heterocycles. The van der Waals surface area contributed by atoms with E-state index in [4.69, 9.17) is 34.8 Å². The molecule has 0 fully saturated rings. The first-order chi connectivity index (χ1) is 14.2. The Morgan fingerprint density at radius 3 is 2.17 bits per heavy atom. The first-order valence-electron chi connectivity index (χ1n) is 10.0. The number of halogens is 3. The topological polar surface area (TPSA) is 49.4 Å². The van der Waals surface area contributed by atoms with E-state index in [1.54, 1.807) is 31.2 Å². The lowest BCUT2D eigenvalue weighted by atomic mass is 10.1. The predicted octanol–water partition coefficient (Wildman–Crippen LogP) is 5.91. The third-order valence-corrected chi connectivity index (χ3v) is 6.20. The van der Waals surface area contributed by atoms with Gasteiger partial charge in [0.05, 0.1) is 0 Å². The van der Waals surface area contributed by atoms with Crippen molar-refractivity contribution in [1.82, 2.24) is 10.2 Å². The van der Waals surface area contributed by atoms with Crippen LogP contribution in [0, 0.1) is 0 Å². The Hall–Kier alpha value is -1.75. The summed E-state index contributed by atoms with van der Waals surface area (Å²) >= 11 is 18.9. The molecular formula is C23H27Cl3N2O2. The molecule has 0 aliphatic heterocycles. The van der Waals surface area contributed by atoms with Gasteiger partial charge in [-0.1, -0.05) is 66.0 Å². The van der Waals surface area contributed by atoms with Gasteiger partial charge in [-0.05, 0) is 50.5 Å². The highest BCUT2D eigenvalue weighted by Crippen LogP contribution is 2.27. The summed E-state index contributed by atoms with van der Waals surface area (Å²) in [6.07, 6.45) is 1.49. The number of nitrogens with one attached hydrogen (secondary N) is 1. The van der Waals surface area contributed by atoms with Gasteiger partial charge in [0, 0.05) is 39.6 Å². The lowest BCUT2D eigenvalue weighted by Gasteiger charge is -2.30. The van der Waals surface area contributed by atoms with E-state index >= 15 is 0 Å². The monoisotopic (exact) mass is 468 g/mol. The van der Waals surface area contributed by atoms with Crippen molar-refractivity contribution in [2.45, 2.75) is 58.7 Å². The summed E-state index contributed by atoms with van der Waals surface area (Å²) in [6, 6.07) is 12.0. The van der Waals surface area contributed by atoms with Crippen molar-refractivity contribution in [3.05, 3.63) is 68.7 Å². The lowest BCUT2D eigenvalue weighted by molar-refractivity contribution is -0.140. The highest BCUT2D eigenvalue weighted by molar-refractivity contribution is 6.36. The number of benzene rings is 2. The first-order valence-corrected chi connectivity index (χ1v) is 11.1. The number of amides is 2. The minimum atomic E-state index is -0.676. The lowest BCUT2D eigenvalue weighted by Crippen LogP contribution is -2.49. The molecule has 7 heteroatoms. The minimum absolute atomic E-state index is 0.0175. The van der Waals surface area contributed by atoms with Crippen molar-refractivity contribution in [2.24, 2.45) is 0 Å². The summed E-state index contributed by atoms with van der Waals surface area (Å²) in [7, 11) is 0. The summed E-state index contributed by atoms with van der Waals surface area (Å²) in [4.78, 5) is 27.5. The quantitative estimate of drug-likeness (QED) is 0.496. The Bertz CT molecular complexity index is 868. The summed E-state index contributed by atoms with van der Waals surface area (Å²) < 4.78 is 0. The Kier molecular flexibility index (Phi) is 9.47. The number of aryl methyl sites for hydroxylation is 1. The summed E-state index contributed by atoms with van der Waals surface area (Å²) in [6.45, 7) is 5.79. The first kappa shape index (κ1) is 24.5. The molecule has 30 heavy (non-hydrogen) atoms. The Balaban J connectivity index is 2.24. The van der Waals surface area contributed by atoms with Gasteiger partial charge in [0.1, 0.15) is 6.04 Å². The molecule has 2 rings (SSSR count). The largest absolute Gasteiger partial charge is 0.352 e. The maximum Gasteiger partial charge on any atom is 0.242 e. The molecule has 2 aromatic rings. The molecule has 0 saturated carbocycles. The zero-order valence-electron chi connectivity index (χ0n) is 17.4. The predicted molar refractivity (Wildman–Crippen MR) is 124 cm³/mol. The van der Waals surface area contributed by atoms with Crippen LogP contribution in [0.5, 0.6) is 0 Å². The van der Waals surface area contributed by atoms with Gasteiger partial charge >= 0.3 is 0 Å². The van der Waals surface area contributed by atoms with Crippen LogP contribution in [-0.4, -0.2) is 28.8 Å². The Morgan fingerprint density at radius 1 is 0.967 bits per heavy atom. The molecule has 1 N–H and O–H groups in total. The van der Waals surface area contributed by atoms with Crippen LogP contribution < -0.4 is 5.32 Å². The number of rotatable bonds is 9. The van der Waals surface area contributed by atoms with Crippen molar-refractivity contribution >= 4 is 46.6 Å². The number of carbonyl (C=O) groups excluding carboxylic acids is 2. The second-order valence-corrected chi connectivity index (χ2v) is 8.53. The van der Waals surface area contributed by atoms with E-state index in [0.29, 0.717) is 27.1 Å². The van der Waals surface area contributed by atoms with Crippen LogP contribution >= 0.6 is 34.8 Å². The molecule has 0 spiro atoms. The second-order valence-electron chi connectivity index (χ2n) is 7.31. The maximum absolute atomic E-state index is 13.2. The van der Waals surface area contributed by atoms with E-state index < -0.39 is 6.04 Å². The van der Waals surface area contributed by atoms with Gasteiger partial charge in [-0.3, -0.25) is 9.59 Å². The Labute approximate surface area is 193 Å². The van der Waals surface area contributed by atoms with Crippen LogP contribution in [0.15, 0.2) is 42.5 Å². The molecule has 0 saturated heterocycles. The molecular weight excluding hydrogens is 443 g/mol. The minimum Gasteiger partial charge on any atom is -0.352 e. The molecule has 162 valence electrons. The standard InChI is InChI=1S/C23H27Cl3N2O2/c1-4-15(2)27-23(30)16(3)28(14-18-20(25)10-7-11-21(18)26)22(29)13-12-17-8-5-6-9-19(17)24/h5-11,15-16H,4,12-14H2,1-3H3,(H,27,30). The van der Waals surface area contributed by atoms with E-state index in [0.717, 1.165) is 12.0 Å². The van der Waals surface area contributed by atoms with Gasteiger partial charge in [-0.15, -0.1) is 0 Å². The third kappa shape index (κ3) is 6.63. The summed E-state index contributed by atoms with van der Waals surface area (Å²) in [5.74, 6) is -0.378. The molecule has 0 aliphatic rings. The fourth-order valence-corrected chi connectivity index (χ4v) is 3.74. The molecule has 0 aromatic heterocycles. The molecule has 0 radical (unpaired) electrons. The third-order valence-electron chi connectivity index (χ3n) is 5.12. The van der Waals surface area contributed by atoms with E-state index in [1.807, 2.05) is 32.0 Å². The zero-order valence-corrected chi connectivity index (χ0v) is 19.7. The summed E-state index contributed by atoms with van der Waals surface area (Å²) in [5.41, 5.74) is 1.51. The van der Waals surface area contributed by atoms with Gasteiger partial charge in [-0.2, -0.15) is 0 Å². The van der Waals surface area contributed by atoms with Crippen LogP contribution in [0.2, 0.25) is 15.1 Å². The SMILES string of the molecule is CCC(C)NC(=O)C(C)N(Cc1c(Cl)cccc1Cl)C(=O)CCc1ccccc1Cl. The van der Waals surface area contributed by atoms with Gasteiger partial charge in [0.15, 0.2) is 0 Å². The molecule has 2 unspecified atom stereocenters. The van der Waals surface area contributed by atoms with Crippen molar-refractivity contribution in [3.63, 3.8) is 0 Å².